The second kappa shape index (κ2) is 5.90. The summed E-state index contributed by atoms with van der Waals surface area (Å²) in [4.78, 5) is 11.9. The van der Waals surface area contributed by atoms with Crippen LogP contribution in [0.3, 0.4) is 0 Å². The van der Waals surface area contributed by atoms with Gasteiger partial charge in [-0.05, 0) is 56.2 Å². The first-order chi connectivity index (χ1) is 9.83. The molecule has 3 nitrogen and oxygen atoms in total. The molecule has 0 heterocycles. The van der Waals surface area contributed by atoms with Crippen LogP contribution < -0.4 is 5.32 Å². The van der Waals surface area contributed by atoms with E-state index in [0.717, 1.165) is 26.9 Å². The Hall–Kier alpha value is -1.81. The summed E-state index contributed by atoms with van der Waals surface area (Å²) in [5, 5.41) is 12.9. The molecule has 0 radical (unpaired) electrons. The van der Waals surface area contributed by atoms with E-state index in [1.165, 1.54) is 0 Å². The lowest BCUT2D eigenvalue weighted by atomic mass is 9.87. The number of nitrogens with one attached hydrogen (secondary N) is 1. The van der Waals surface area contributed by atoms with Gasteiger partial charge in [-0.15, -0.1) is 0 Å². The fourth-order valence-electron chi connectivity index (χ4n) is 2.43. The minimum Gasteiger partial charge on any atom is -0.479 e. The van der Waals surface area contributed by atoms with Crippen molar-refractivity contribution in [3.63, 3.8) is 0 Å². The van der Waals surface area contributed by atoms with E-state index in [2.05, 4.69) is 21.2 Å². The van der Waals surface area contributed by atoms with E-state index in [9.17, 15) is 9.90 Å². The summed E-state index contributed by atoms with van der Waals surface area (Å²) < 4.78 is 0.955. The number of hydrogen-bond donors (Lipinski definition) is 2. The number of rotatable bonds is 4. The largest absolute Gasteiger partial charge is 0.479 e. The highest BCUT2D eigenvalue weighted by Gasteiger charge is 2.36. The first kappa shape index (κ1) is 15.6. The van der Waals surface area contributed by atoms with Crippen LogP contribution in [0.4, 0.5) is 5.69 Å². The number of aliphatic carboxylic acids is 1. The third kappa shape index (κ3) is 3.27. The van der Waals surface area contributed by atoms with Crippen LogP contribution in [0.25, 0.3) is 0 Å². The third-order valence-corrected chi connectivity index (χ3v) is 4.12. The van der Waals surface area contributed by atoms with Crippen molar-refractivity contribution in [3.8, 4) is 0 Å². The van der Waals surface area contributed by atoms with Crippen LogP contribution in [0.15, 0.2) is 46.9 Å². The maximum absolute atomic E-state index is 11.9. The fraction of sp³-hybridized carbons (Fsp3) is 0.235. The number of carboxylic acids is 1. The van der Waals surface area contributed by atoms with E-state index in [0.29, 0.717) is 0 Å². The molecule has 0 aliphatic rings. The Labute approximate surface area is 133 Å². The molecule has 0 aliphatic carbocycles. The summed E-state index contributed by atoms with van der Waals surface area (Å²) >= 11 is 3.37. The predicted molar refractivity (Wildman–Crippen MR) is 88.7 cm³/mol. The Balaban J connectivity index is 2.45. The molecular weight excluding hydrogens is 330 g/mol. The lowest BCUT2D eigenvalue weighted by Crippen LogP contribution is -2.41. The molecule has 0 aromatic heterocycles. The molecular formula is C17H18BrNO2. The molecule has 0 spiro atoms. The van der Waals surface area contributed by atoms with Crippen LogP contribution in [-0.2, 0) is 10.3 Å². The lowest BCUT2D eigenvalue weighted by Gasteiger charge is -2.29. The zero-order valence-electron chi connectivity index (χ0n) is 12.3. The second-order valence-corrected chi connectivity index (χ2v) is 6.30. The van der Waals surface area contributed by atoms with Gasteiger partial charge >= 0.3 is 5.97 Å². The summed E-state index contributed by atoms with van der Waals surface area (Å²) in [7, 11) is 0. The minimum atomic E-state index is -1.17. The molecule has 4 heteroatoms. The summed E-state index contributed by atoms with van der Waals surface area (Å²) in [6, 6.07) is 13.3. The molecule has 0 bridgehead atoms. The Bertz CT molecular complexity index is 667. The normalized spacial score (nSPS) is 13.5. The molecule has 0 amide bonds. The topological polar surface area (TPSA) is 49.3 Å². The highest BCUT2D eigenvalue weighted by atomic mass is 79.9. The van der Waals surface area contributed by atoms with Crippen LogP contribution in [0.1, 0.15) is 23.6 Å². The number of carboxylic acid groups (broad SMARTS) is 1. The van der Waals surface area contributed by atoms with E-state index in [1.807, 2.05) is 56.3 Å². The summed E-state index contributed by atoms with van der Waals surface area (Å²) in [5.41, 5.74) is 2.44. The van der Waals surface area contributed by atoms with Gasteiger partial charge in [0.25, 0.3) is 0 Å². The summed E-state index contributed by atoms with van der Waals surface area (Å²) in [5.74, 6) is -0.905. The van der Waals surface area contributed by atoms with E-state index in [-0.39, 0.29) is 0 Å². The van der Waals surface area contributed by atoms with Gasteiger partial charge in [0.2, 0.25) is 0 Å². The van der Waals surface area contributed by atoms with Crippen LogP contribution in [0.2, 0.25) is 0 Å². The first-order valence-corrected chi connectivity index (χ1v) is 7.47. The third-order valence-electron chi connectivity index (χ3n) is 3.59. The smallest absolute Gasteiger partial charge is 0.333 e. The first-order valence-electron chi connectivity index (χ1n) is 6.68. The van der Waals surface area contributed by atoms with E-state index < -0.39 is 11.5 Å². The van der Waals surface area contributed by atoms with Crippen molar-refractivity contribution in [1.82, 2.24) is 0 Å². The Morgan fingerprint density at radius 2 is 1.76 bits per heavy atom. The number of aryl methyl sites for hydroxylation is 2. The Morgan fingerprint density at radius 1 is 1.14 bits per heavy atom. The maximum Gasteiger partial charge on any atom is 0.333 e. The van der Waals surface area contributed by atoms with Gasteiger partial charge in [-0.1, -0.05) is 39.7 Å². The molecule has 1 unspecified atom stereocenters. The molecule has 2 aromatic rings. The molecule has 1 atom stereocenters. The number of anilines is 1. The average Bonchev–Trinajstić information content (AvgIpc) is 2.41. The fourth-order valence-corrected chi connectivity index (χ4v) is 2.70. The van der Waals surface area contributed by atoms with Crippen molar-refractivity contribution in [2.75, 3.05) is 5.32 Å². The van der Waals surface area contributed by atoms with Gasteiger partial charge in [0.15, 0.2) is 5.54 Å². The van der Waals surface area contributed by atoms with Crippen molar-refractivity contribution < 1.29 is 9.90 Å². The number of carbonyl (C=O) groups is 1. The maximum atomic E-state index is 11.9. The molecule has 2 rings (SSSR count). The Morgan fingerprint density at radius 3 is 2.29 bits per heavy atom. The van der Waals surface area contributed by atoms with Crippen LogP contribution in [0.5, 0.6) is 0 Å². The van der Waals surface area contributed by atoms with Crippen molar-refractivity contribution in [3.05, 3.63) is 63.6 Å². The van der Waals surface area contributed by atoms with Gasteiger partial charge in [0.1, 0.15) is 0 Å². The average molecular weight is 348 g/mol. The highest BCUT2D eigenvalue weighted by Crippen LogP contribution is 2.30. The van der Waals surface area contributed by atoms with Gasteiger partial charge in [0.05, 0.1) is 0 Å². The van der Waals surface area contributed by atoms with E-state index >= 15 is 0 Å². The SMILES string of the molecule is Cc1ccc(C(C)(Nc2ccc(Br)cc2)C(=O)O)c(C)c1. The van der Waals surface area contributed by atoms with Crippen molar-refractivity contribution >= 4 is 27.6 Å². The van der Waals surface area contributed by atoms with Crippen molar-refractivity contribution in [1.29, 1.82) is 0 Å². The van der Waals surface area contributed by atoms with Gasteiger partial charge in [-0.2, -0.15) is 0 Å². The van der Waals surface area contributed by atoms with Crippen molar-refractivity contribution in [2.45, 2.75) is 26.3 Å². The monoisotopic (exact) mass is 347 g/mol. The van der Waals surface area contributed by atoms with Crippen LogP contribution >= 0.6 is 15.9 Å². The van der Waals surface area contributed by atoms with Crippen LogP contribution in [0, 0.1) is 13.8 Å². The number of benzene rings is 2. The van der Waals surface area contributed by atoms with E-state index in [1.54, 1.807) is 6.92 Å². The predicted octanol–water partition coefficient (Wildman–Crippen LogP) is 4.48. The molecule has 21 heavy (non-hydrogen) atoms. The van der Waals surface area contributed by atoms with Crippen molar-refractivity contribution in [2.24, 2.45) is 0 Å². The number of halogens is 1. The molecule has 0 saturated heterocycles. The lowest BCUT2D eigenvalue weighted by molar-refractivity contribution is -0.142. The molecule has 2 aromatic carbocycles. The Kier molecular flexibility index (Phi) is 4.37. The van der Waals surface area contributed by atoms with Gasteiger partial charge in [0, 0.05) is 10.2 Å². The molecule has 0 fully saturated rings. The molecule has 110 valence electrons. The zero-order valence-corrected chi connectivity index (χ0v) is 13.9. The summed E-state index contributed by atoms with van der Waals surface area (Å²) in [6.45, 7) is 5.62. The van der Waals surface area contributed by atoms with Gasteiger partial charge < -0.3 is 10.4 Å². The molecule has 0 saturated carbocycles. The van der Waals surface area contributed by atoms with Gasteiger partial charge in [-0.3, -0.25) is 0 Å². The standard InChI is InChI=1S/C17H18BrNO2/c1-11-4-9-15(12(2)10-11)17(3,16(20)21)19-14-7-5-13(18)6-8-14/h4-10,19H,1-3H3,(H,20,21). The summed E-state index contributed by atoms with van der Waals surface area (Å²) in [6.07, 6.45) is 0. The second-order valence-electron chi connectivity index (χ2n) is 5.38. The zero-order chi connectivity index (χ0) is 15.6. The minimum absolute atomic E-state index is 0.767. The molecule has 2 N–H and O–H groups in total. The highest BCUT2D eigenvalue weighted by molar-refractivity contribution is 9.10. The van der Waals surface area contributed by atoms with Gasteiger partial charge in [-0.25, -0.2) is 4.79 Å². The van der Waals surface area contributed by atoms with Crippen LogP contribution in [-0.4, -0.2) is 11.1 Å². The quantitative estimate of drug-likeness (QED) is 0.857. The van der Waals surface area contributed by atoms with E-state index in [4.69, 9.17) is 0 Å². The molecule has 0 aliphatic heterocycles. The number of hydrogen-bond acceptors (Lipinski definition) is 2.